The number of nitrogens with zero attached hydrogens (tertiary/aromatic N) is 3. The number of anilines is 3. The van der Waals surface area contributed by atoms with E-state index in [-0.39, 0.29) is 0 Å². The molecule has 2 aliphatic heterocycles. The molecule has 1 aromatic heterocycles. The van der Waals surface area contributed by atoms with Gasteiger partial charge in [0.2, 0.25) is 5.95 Å². The van der Waals surface area contributed by atoms with Crippen LogP contribution in [0.25, 0.3) is 0 Å². The first-order valence-electron chi connectivity index (χ1n) is 11.2. The zero-order valence-corrected chi connectivity index (χ0v) is 17.3. The summed E-state index contributed by atoms with van der Waals surface area (Å²) in [6.07, 6.45) is 10.6. The van der Waals surface area contributed by atoms with Gasteiger partial charge in [-0.25, -0.2) is 4.98 Å². The lowest BCUT2D eigenvalue weighted by Crippen LogP contribution is -2.28. The number of aromatic nitrogens is 2. The average Bonchev–Trinajstić information content (AvgIpc) is 3.06. The number of hydrogen-bond acceptors (Lipinski definition) is 6. The molecule has 2 saturated heterocycles. The molecule has 2 fully saturated rings. The summed E-state index contributed by atoms with van der Waals surface area (Å²) >= 11 is 0. The summed E-state index contributed by atoms with van der Waals surface area (Å²) in [5.74, 6) is 3.39. The fourth-order valence-electron chi connectivity index (χ4n) is 4.14. The highest BCUT2D eigenvalue weighted by Crippen LogP contribution is 2.22. The van der Waals surface area contributed by atoms with E-state index in [1.165, 1.54) is 38.5 Å². The standard InChI is InChI=1S/C23H33N5O/c1-2-4-17-28(16-3-1)23-25-15-11-22(27-23)26-20-5-7-21(8-6-20)29-18-12-19-9-13-24-14-10-19/h5-8,11,15,19,24H,1-4,9-10,12-14,16-18H2,(H,25,26,27). The molecule has 156 valence electrons. The van der Waals surface area contributed by atoms with Gasteiger partial charge in [0.1, 0.15) is 11.6 Å². The molecule has 2 aromatic rings. The Morgan fingerprint density at radius 1 is 1.00 bits per heavy atom. The molecule has 0 bridgehead atoms. The Morgan fingerprint density at radius 3 is 2.52 bits per heavy atom. The summed E-state index contributed by atoms with van der Waals surface area (Å²) in [7, 11) is 0. The van der Waals surface area contributed by atoms with Crippen molar-refractivity contribution < 1.29 is 4.74 Å². The molecular weight excluding hydrogens is 362 g/mol. The maximum absolute atomic E-state index is 5.94. The van der Waals surface area contributed by atoms with Gasteiger partial charge in [-0.15, -0.1) is 0 Å². The third kappa shape index (κ3) is 6.07. The van der Waals surface area contributed by atoms with Crippen LogP contribution < -0.4 is 20.3 Å². The lowest BCUT2D eigenvalue weighted by Gasteiger charge is -2.22. The van der Waals surface area contributed by atoms with E-state index >= 15 is 0 Å². The average molecular weight is 396 g/mol. The lowest BCUT2D eigenvalue weighted by molar-refractivity contribution is 0.252. The Labute approximate surface area is 174 Å². The molecule has 0 spiro atoms. The number of benzene rings is 1. The predicted molar refractivity (Wildman–Crippen MR) is 118 cm³/mol. The van der Waals surface area contributed by atoms with E-state index in [4.69, 9.17) is 9.72 Å². The number of ether oxygens (including phenoxy) is 1. The molecule has 0 atom stereocenters. The van der Waals surface area contributed by atoms with Crippen molar-refractivity contribution in [2.24, 2.45) is 5.92 Å². The van der Waals surface area contributed by atoms with Crippen molar-refractivity contribution >= 4 is 17.5 Å². The number of piperidine rings is 1. The summed E-state index contributed by atoms with van der Waals surface area (Å²) < 4.78 is 5.94. The van der Waals surface area contributed by atoms with Crippen LogP contribution in [0.5, 0.6) is 5.75 Å². The molecule has 4 rings (SSSR count). The normalized spacial score (nSPS) is 18.3. The van der Waals surface area contributed by atoms with E-state index in [1.54, 1.807) is 0 Å². The van der Waals surface area contributed by atoms with Crippen molar-refractivity contribution in [2.75, 3.05) is 43.0 Å². The molecule has 1 aromatic carbocycles. The van der Waals surface area contributed by atoms with Crippen molar-refractivity contribution in [3.63, 3.8) is 0 Å². The number of nitrogens with one attached hydrogen (secondary N) is 2. The maximum atomic E-state index is 5.94. The molecule has 0 unspecified atom stereocenters. The van der Waals surface area contributed by atoms with Gasteiger partial charge in [-0.3, -0.25) is 0 Å². The van der Waals surface area contributed by atoms with Crippen LogP contribution in [-0.2, 0) is 0 Å². The Balaban J connectivity index is 1.28. The highest BCUT2D eigenvalue weighted by Gasteiger charge is 2.14. The molecule has 29 heavy (non-hydrogen) atoms. The zero-order valence-electron chi connectivity index (χ0n) is 17.3. The first kappa shape index (κ1) is 20.0. The van der Waals surface area contributed by atoms with E-state index in [0.717, 1.165) is 68.3 Å². The second-order valence-electron chi connectivity index (χ2n) is 8.12. The fourth-order valence-corrected chi connectivity index (χ4v) is 4.14. The van der Waals surface area contributed by atoms with Crippen LogP contribution in [0.2, 0.25) is 0 Å². The Morgan fingerprint density at radius 2 is 1.76 bits per heavy atom. The first-order chi connectivity index (χ1) is 14.4. The second kappa shape index (κ2) is 10.4. The van der Waals surface area contributed by atoms with Crippen LogP contribution in [0.1, 0.15) is 44.9 Å². The Hall–Kier alpha value is -2.34. The van der Waals surface area contributed by atoms with Crippen LogP contribution in [-0.4, -0.2) is 42.8 Å². The fraction of sp³-hybridized carbons (Fsp3) is 0.565. The van der Waals surface area contributed by atoms with Gasteiger partial charge in [-0.1, -0.05) is 12.8 Å². The van der Waals surface area contributed by atoms with Crippen molar-refractivity contribution in [1.82, 2.24) is 15.3 Å². The van der Waals surface area contributed by atoms with Gasteiger partial charge in [0.25, 0.3) is 0 Å². The van der Waals surface area contributed by atoms with E-state index in [0.29, 0.717) is 0 Å². The van der Waals surface area contributed by atoms with Gasteiger partial charge in [-0.05, 0) is 81.4 Å². The van der Waals surface area contributed by atoms with E-state index in [1.807, 2.05) is 36.5 Å². The molecule has 2 aliphatic rings. The number of rotatable bonds is 7. The van der Waals surface area contributed by atoms with Crippen LogP contribution in [0.4, 0.5) is 17.5 Å². The topological polar surface area (TPSA) is 62.3 Å². The summed E-state index contributed by atoms with van der Waals surface area (Å²) in [5, 5.41) is 6.81. The molecule has 6 heteroatoms. The summed E-state index contributed by atoms with van der Waals surface area (Å²) in [6.45, 7) is 5.18. The molecule has 3 heterocycles. The van der Waals surface area contributed by atoms with E-state index in [2.05, 4.69) is 20.5 Å². The minimum atomic E-state index is 0.794. The molecule has 0 saturated carbocycles. The van der Waals surface area contributed by atoms with Crippen molar-refractivity contribution in [3.8, 4) is 5.75 Å². The molecule has 2 N–H and O–H groups in total. The monoisotopic (exact) mass is 395 g/mol. The van der Waals surface area contributed by atoms with E-state index < -0.39 is 0 Å². The Bertz CT molecular complexity index is 737. The van der Waals surface area contributed by atoms with Crippen LogP contribution in [0, 0.1) is 5.92 Å². The first-order valence-corrected chi connectivity index (χ1v) is 11.2. The van der Waals surface area contributed by atoms with Crippen LogP contribution in [0.15, 0.2) is 36.5 Å². The van der Waals surface area contributed by atoms with Crippen molar-refractivity contribution in [2.45, 2.75) is 44.9 Å². The zero-order chi connectivity index (χ0) is 19.7. The van der Waals surface area contributed by atoms with E-state index in [9.17, 15) is 0 Å². The third-order valence-electron chi connectivity index (χ3n) is 5.91. The maximum Gasteiger partial charge on any atom is 0.227 e. The van der Waals surface area contributed by atoms with Crippen LogP contribution in [0.3, 0.4) is 0 Å². The SMILES string of the molecule is c1cc(Nc2ccc(OCCC3CCNCC3)cc2)nc(N2CCCCCC2)n1. The highest BCUT2D eigenvalue weighted by atomic mass is 16.5. The van der Waals surface area contributed by atoms with Gasteiger partial charge in [-0.2, -0.15) is 4.98 Å². The summed E-state index contributed by atoms with van der Waals surface area (Å²) in [4.78, 5) is 11.5. The largest absolute Gasteiger partial charge is 0.494 e. The molecule has 0 aliphatic carbocycles. The highest BCUT2D eigenvalue weighted by molar-refractivity contribution is 5.58. The minimum Gasteiger partial charge on any atom is -0.494 e. The van der Waals surface area contributed by atoms with Gasteiger partial charge in [0.15, 0.2) is 0 Å². The summed E-state index contributed by atoms with van der Waals surface area (Å²) in [6, 6.07) is 10.1. The van der Waals surface area contributed by atoms with Gasteiger partial charge in [0, 0.05) is 25.0 Å². The minimum absolute atomic E-state index is 0.794. The van der Waals surface area contributed by atoms with Crippen LogP contribution >= 0.6 is 0 Å². The molecule has 0 radical (unpaired) electrons. The van der Waals surface area contributed by atoms with Crippen molar-refractivity contribution in [1.29, 1.82) is 0 Å². The summed E-state index contributed by atoms with van der Waals surface area (Å²) in [5.41, 5.74) is 1.01. The number of hydrogen-bond donors (Lipinski definition) is 2. The molecule has 0 amide bonds. The van der Waals surface area contributed by atoms with Gasteiger partial charge >= 0.3 is 0 Å². The lowest BCUT2D eigenvalue weighted by atomic mass is 9.95. The van der Waals surface area contributed by atoms with Gasteiger partial charge < -0.3 is 20.3 Å². The second-order valence-corrected chi connectivity index (χ2v) is 8.12. The van der Waals surface area contributed by atoms with Crippen molar-refractivity contribution in [3.05, 3.63) is 36.5 Å². The Kier molecular flexibility index (Phi) is 7.18. The van der Waals surface area contributed by atoms with Gasteiger partial charge in [0.05, 0.1) is 6.61 Å². The quantitative estimate of drug-likeness (QED) is 0.726. The third-order valence-corrected chi connectivity index (χ3v) is 5.91. The molecule has 6 nitrogen and oxygen atoms in total. The predicted octanol–water partition coefficient (Wildman–Crippen LogP) is 4.37. The smallest absolute Gasteiger partial charge is 0.227 e. The molecular formula is C23H33N5O.